The molecule has 0 atom stereocenters. The van der Waals surface area contributed by atoms with Crippen LogP contribution in [0.15, 0.2) is 18.2 Å². The van der Waals surface area contributed by atoms with Gasteiger partial charge in [-0.3, -0.25) is 0 Å². The first-order valence-electron chi connectivity index (χ1n) is 3.87. The monoisotopic (exact) mass is 197 g/mol. The maximum atomic E-state index is 3.24. The van der Waals surface area contributed by atoms with Crippen molar-refractivity contribution in [2.75, 3.05) is 0 Å². The van der Waals surface area contributed by atoms with Crippen molar-refractivity contribution < 1.29 is 19.5 Å². The fourth-order valence-electron chi connectivity index (χ4n) is 1.17. The summed E-state index contributed by atoms with van der Waals surface area (Å²) in [6.07, 6.45) is 2.23. The van der Waals surface area contributed by atoms with E-state index in [1.807, 2.05) is 6.07 Å². The van der Waals surface area contributed by atoms with Crippen molar-refractivity contribution in [3.63, 3.8) is 0 Å². The van der Waals surface area contributed by atoms with Gasteiger partial charge in [0.2, 0.25) is 0 Å². The Kier molecular flexibility index (Phi) is 5.41. The van der Waals surface area contributed by atoms with E-state index in [0.717, 1.165) is 12.8 Å². The number of benzene rings is 1. The summed E-state index contributed by atoms with van der Waals surface area (Å²) in [5, 5.41) is 0. The van der Waals surface area contributed by atoms with E-state index >= 15 is 0 Å². The molecular formula is C10H13Zn-. The van der Waals surface area contributed by atoms with Crippen LogP contribution in [0.25, 0.3) is 0 Å². The minimum atomic E-state index is 0. The Morgan fingerprint density at radius 3 is 2.45 bits per heavy atom. The van der Waals surface area contributed by atoms with Gasteiger partial charge in [-0.25, -0.2) is 0 Å². The summed E-state index contributed by atoms with van der Waals surface area (Å²) < 4.78 is 0. The molecule has 0 aliphatic rings. The molecule has 0 amide bonds. The van der Waals surface area contributed by atoms with Crippen molar-refractivity contribution in [3.8, 4) is 0 Å². The molecular weight excluding hydrogens is 185 g/mol. The number of hydrogen-bond acceptors (Lipinski definition) is 0. The second kappa shape index (κ2) is 5.49. The molecule has 56 valence electrons. The second-order valence-electron chi connectivity index (χ2n) is 2.38. The average molecular weight is 199 g/mol. The Hall–Kier alpha value is -0.157. The van der Waals surface area contributed by atoms with Gasteiger partial charge in [-0.2, -0.15) is 35.4 Å². The van der Waals surface area contributed by atoms with Gasteiger partial charge in [-0.05, 0) is 0 Å². The van der Waals surface area contributed by atoms with E-state index in [2.05, 4.69) is 32.0 Å². The fraction of sp³-hybridized carbons (Fsp3) is 0.400. The molecule has 0 heterocycles. The molecule has 0 saturated carbocycles. The van der Waals surface area contributed by atoms with Gasteiger partial charge in [-0.1, -0.05) is 26.7 Å². The van der Waals surface area contributed by atoms with Crippen LogP contribution in [-0.2, 0) is 32.3 Å². The number of aryl methyl sites for hydroxylation is 2. The zero-order chi connectivity index (χ0) is 7.40. The molecule has 0 nitrogen and oxygen atoms in total. The maximum absolute atomic E-state index is 3.24. The van der Waals surface area contributed by atoms with Crippen LogP contribution >= 0.6 is 0 Å². The Bertz CT molecular complexity index is 183. The minimum absolute atomic E-state index is 0. The topological polar surface area (TPSA) is 0 Å². The summed E-state index contributed by atoms with van der Waals surface area (Å²) in [5.74, 6) is 0. The number of rotatable bonds is 2. The van der Waals surface area contributed by atoms with Crippen LogP contribution in [-0.4, -0.2) is 0 Å². The summed E-state index contributed by atoms with van der Waals surface area (Å²) in [4.78, 5) is 0. The van der Waals surface area contributed by atoms with Crippen LogP contribution in [0.2, 0.25) is 0 Å². The SMILES string of the molecule is CCc1[c-]cccc1CC.[Zn]. The third kappa shape index (κ3) is 2.75. The van der Waals surface area contributed by atoms with Gasteiger partial charge in [0, 0.05) is 19.5 Å². The summed E-state index contributed by atoms with van der Waals surface area (Å²) >= 11 is 0. The van der Waals surface area contributed by atoms with Gasteiger partial charge in [0.15, 0.2) is 0 Å². The molecule has 0 unspecified atom stereocenters. The van der Waals surface area contributed by atoms with Crippen molar-refractivity contribution in [2.24, 2.45) is 0 Å². The largest absolute Gasteiger partial charge is 0.180 e. The molecule has 1 rings (SSSR count). The van der Waals surface area contributed by atoms with E-state index in [0.29, 0.717) is 0 Å². The third-order valence-corrected chi connectivity index (χ3v) is 1.77. The Labute approximate surface area is 81.8 Å². The standard InChI is InChI=1S/C10H13.Zn/c1-3-9-7-5-6-8-10(9)4-2;/h5-7H,3-4H2,1-2H3;/q-1;. The van der Waals surface area contributed by atoms with Crippen LogP contribution in [0.5, 0.6) is 0 Å². The molecule has 0 aromatic heterocycles. The molecule has 0 radical (unpaired) electrons. The second-order valence-corrected chi connectivity index (χ2v) is 2.38. The molecule has 0 spiro atoms. The molecule has 1 aromatic rings. The predicted molar refractivity (Wildman–Crippen MR) is 44.0 cm³/mol. The first kappa shape index (κ1) is 10.8. The van der Waals surface area contributed by atoms with Crippen LogP contribution in [0.1, 0.15) is 25.0 Å². The van der Waals surface area contributed by atoms with Crippen molar-refractivity contribution in [3.05, 3.63) is 35.4 Å². The van der Waals surface area contributed by atoms with E-state index in [1.54, 1.807) is 0 Å². The van der Waals surface area contributed by atoms with Crippen molar-refractivity contribution in [2.45, 2.75) is 26.7 Å². The minimum Gasteiger partial charge on any atom is -0.180 e. The van der Waals surface area contributed by atoms with E-state index in [4.69, 9.17) is 0 Å². The molecule has 0 aliphatic heterocycles. The normalized spacial score (nSPS) is 8.91. The first-order chi connectivity index (χ1) is 4.88. The molecule has 11 heavy (non-hydrogen) atoms. The molecule has 0 bridgehead atoms. The predicted octanol–water partition coefficient (Wildman–Crippen LogP) is 2.61. The quantitative estimate of drug-likeness (QED) is 0.506. The molecule has 0 fully saturated rings. The van der Waals surface area contributed by atoms with Gasteiger partial charge in [0.25, 0.3) is 0 Å². The molecule has 0 saturated heterocycles. The first-order valence-corrected chi connectivity index (χ1v) is 3.87. The van der Waals surface area contributed by atoms with Gasteiger partial charge in [0.1, 0.15) is 0 Å². The van der Waals surface area contributed by atoms with Crippen molar-refractivity contribution >= 4 is 0 Å². The van der Waals surface area contributed by atoms with Gasteiger partial charge < -0.3 is 0 Å². The van der Waals surface area contributed by atoms with Crippen LogP contribution in [0.4, 0.5) is 0 Å². The van der Waals surface area contributed by atoms with Crippen LogP contribution < -0.4 is 0 Å². The van der Waals surface area contributed by atoms with Crippen molar-refractivity contribution in [1.82, 2.24) is 0 Å². The van der Waals surface area contributed by atoms with Crippen LogP contribution in [0, 0.1) is 6.07 Å². The molecule has 1 heteroatoms. The molecule has 1 aromatic carbocycles. The summed E-state index contributed by atoms with van der Waals surface area (Å²) in [6, 6.07) is 9.45. The van der Waals surface area contributed by atoms with Gasteiger partial charge >= 0.3 is 0 Å². The zero-order valence-electron chi connectivity index (χ0n) is 7.35. The maximum Gasteiger partial charge on any atom is 0 e. The number of hydrogen-bond donors (Lipinski definition) is 0. The smallest absolute Gasteiger partial charge is 0 e. The zero-order valence-corrected chi connectivity index (χ0v) is 10.3. The third-order valence-electron chi connectivity index (χ3n) is 1.77. The Morgan fingerprint density at radius 2 is 2.00 bits per heavy atom. The molecule has 0 N–H and O–H groups in total. The van der Waals surface area contributed by atoms with Crippen LogP contribution in [0.3, 0.4) is 0 Å². The summed E-state index contributed by atoms with van der Waals surface area (Å²) in [6.45, 7) is 4.35. The fourth-order valence-corrected chi connectivity index (χ4v) is 1.17. The Morgan fingerprint density at radius 1 is 1.27 bits per heavy atom. The van der Waals surface area contributed by atoms with E-state index in [9.17, 15) is 0 Å². The Balaban J connectivity index is 0.000001000. The van der Waals surface area contributed by atoms with E-state index < -0.39 is 0 Å². The summed E-state index contributed by atoms with van der Waals surface area (Å²) in [5.41, 5.74) is 2.80. The van der Waals surface area contributed by atoms with E-state index in [1.165, 1.54) is 11.1 Å². The average Bonchev–Trinajstić information content (AvgIpc) is 2.04. The summed E-state index contributed by atoms with van der Waals surface area (Å²) in [7, 11) is 0. The van der Waals surface area contributed by atoms with Crippen molar-refractivity contribution in [1.29, 1.82) is 0 Å². The van der Waals surface area contributed by atoms with Gasteiger partial charge in [0.05, 0.1) is 0 Å². The van der Waals surface area contributed by atoms with Gasteiger partial charge in [-0.15, -0.1) is 0 Å². The van der Waals surface area contributed by atoms with E-state index in [-0.39, 0.29) is 19.5 Å². The molecule has 0 aliphatic carbocycles.